The van der Waals surface area contributed by atoms with Gasteiger partial charge in [-0.05, 0) is 73.5 Å². The van der Waals surface area contributed by atoms with Gasteiger partial charge in [-0.2, -0.15) is 18.3 Å². The van der Waals surface area contributed by atoms with E-state index < -0.39 is 11.7 Å². The van der Waals surface area contributed by atoms with Crippen LogP contribution in [0.5, 0.6) is 0 Å². The lowest BCUT2D eigenvalue weighted by atomic mass is 10.0. The minimum absolute atomic E-state index is 0. The lowest BCUT2D eigenvalue weighted by Crippen LogP contribution is -2.24. The van der Waals surface area contributed by atoms with Gasteiger partial charge in [-0.1, -0.05) is 12.1 Å². The van der Waals surface area contributed by atoms with E-state index in [2.05, 4.69) is 10.00 Å². The molecule has 35 heavy (non-hydrogen) atoms. The van der Waals surface area contributed by atoms with Crippen LogP contribution in [0.25, 0.3) is 27.7 Å². The first-order valence-corrected chi connectivity index (χ1v) is 11.0. The molecule has 1 aliphatic rings. The van der Waals surface area contributed by atoms with Crippen LogP contribution in [0, 0.1) is 0 Å². The number of aromatic nitrogens is 3. The van der Waals surface area contributed by atoms with Crippen molar-refractivity contribution in [3.63, 3.8) is 0 Å². The summed E-state index contributed by atoms with van der Waals surface area (Å²) in [7, 11) is 0. The summed E-state index contributed by atoms with van der Waals surface area (Å²) >= 11 is 0. The third kappa shape index (κ3) is 5.72. The maximum atomic E-state index is 12.8. The first-order chi connectivity index (χ1) is 15.9. The molecule has 3 heterocycles. The van der Waals surface area contributed by atoms with Crippen molar-refractivity contribution in [1.29, 1.82) is 0 Å². The average molecular weight is 525 g/mol. The van der Waals surface area contributed by atoms with E-state index in [9.17, 15) is 18.0 Å². The Bertz CT molecular complexity index is 1340. The van der Waals surface area contributed by atoms with E-state index in [1.165, 1.54) is 35.6 Å². The Morgan fingerprint density at radius 3 is 2.23 bits per heavy atom. The van der Waals surface area contributed by atoms with Crippen LogP contribution in [0.2, 0.25) is 0 Å². The van der Waals surface area contributed by atoms with Crippen molar-refractivity contribution >= 4 is 35.7 Å². The number of rotatable bonds is 5. The topological polar surface area (TPSA) is 43.1 Å². The summed E-state index contributed by atoms with van der Waals surface area (Å²) in [6.45, 7) is 4.09. The Balaban J connectivity index is 0.00000171. The van der Waals surface area contributed by atoms with E-state index in [1.54, 1.807) is 12.3 Å². The van der Waals surface area contributed by atoms with E-state index in [-0.39, 0.29) is 30.4 Å². The molecule has 4 aromatic rings. The fraction of sp³-hybridized carbons (Fsp3) is 0.280. The standard InChI is InChI=1S/C25H23F3N4O.2ClH/c26-25(27,28)21-5-3-18(4-6-21)19-9-12-31(24(33)16-19)22-7-8-23-20(15-22)17-29-32(23)14-13-30-10-1-2-11-30;;/h3-9,12,15-17H,1-2,10-11,13-14H2;2*1H. The van der Waals surface area contributed by atoms with Gasteiger partial charge in [-0.15, -0.1) is 24.8 Å². The summed E-state index contributed by atoms with van der Waals surface area (Å²) in [6.07, 6.45) is 1.59. The van der Waals surface area contributed by atoms with E-state index in [4.69, 9.17) is 0 Å². The number of halogens is 5. The predicted molar refractivity (Wildman–Crippen MR) is 136 cm³/mol. The van der Waals surface area contributed by atoms with Gasteiger partial charge in [0, 0.05) is 29.9 Å². The van der Waals surface area contributed by atoms with Gasteiger partial charge in [-0.3, -0.25) is 14.0 Å². The van der Waals surface area contributed by atoms with Crippen LogP contribution in [0.1, 0.15) is 18.4 Å². The molecule has 0 aliphatic carbocycles. The quantitative estimate of drug-likeness (QED) is 0.330. The molecule has 1 saturated heterocycles. The molecule has 0 bridgehead atoms. The lowest BCUT2D eigenvalue weighted by Gasteiger charge is -2.14. The van der Waals surface area contributed by atoms with Crippen molar-refractivity contribution in [3.8, 4) is 16.8 Å². The second-order valence-electron chi connectivity index (χ2n) is 8.36. The zero-order chi connectivity index (χ0) is 23.0. The summed E-state index contributed by atoms with van der Waals surface area (Å²) in [5.41, 5.74) is 1.89. The third-order valence-corrected chi connectivity index (χ3v) is 6.20. The Kier molecular flexibility index (Phi) is 8.30. The molecule has 0 amide bonds. The van der Waals surface area contributed by atoms with Crippen LogP contribution in [-0.4, -0.2) is 38.9 Å². The Hall–Kier alpha value is -2.81. The lowest BCUT2D eigenvalue weighted by molar-refractivity contribution is -0.137. The SMILES string of the molecule is Cl.Cl.O=c1cc(-c2ccc(C(F)(F)F)cc2)ccn1-c1ccc2c(cnn2CCN2CCCC2)c1. The molecule has 0 spiro atoms. The van der Waals surface area contributed by atoms with E-state index in [1.807, 2.05) is 29.1 Å². The molecule has 0 saturated carbocycles. The monoisotopic (exact) mass is 524 g/mol. The highest BCUT2D eigenvalue weighted by Crippen LogP contribution is 2.30. The predicted octanol–water partition coefficient (Wildman–Crippen LogP) is 5.81. The number of alkyl halides is 3. The van der Waals surface area contributed by atoms with Gasteiger partial charge in [0.1, 0.15) is 0 Å². The molecule has 1 fully saturated rings. The summed E-state index contributed by atoms with van der Waals surface area (Å²) in [4.78, 5) is 15.2. The van der Waals surface area contributed by atoms with Gasteiger partial charge >= 0.3 is 6.18 Å². The average Bonchev–Trinajstić information content (AvgIpc) is 3.46. The second-order valence-corrected chi connectivity index (χ2v) is 8.36. The van der Waals surface area contributed by atoms with Gasteiger partial charge in [0.05, 0.1) is 23.8 Å². The largest absolute Gasteiger partial charge is 0.416 e. The van der Waals surface area contributed by atoms with Crippen LogP contribution in [-0.2, 0) is 12.7 Å². The molecule has 2 aromatic carbocycles. The van der Waals surface area contributed by atoms with Gasteiger partial charge in [0.25, 0.3) is 5.56 Å². The Morgan fingerprint density at radius 2 is 1.57 bits per heavy atom. The van der Waals surface area contributed by atoms with Gasteiger partial charge in [0.15, 0.2) is 0 Å². The molecule has 0 unspecified atom stereocenters. The smallest absolute Gasteiger partial charge is 0.301 e. The number of likely N-dealkylation sites (tertiary alicyclic amines) is 1. The normalized spacial score (nSPS) is 14.0. The van der Waals surface area contributed by atoms with Crippen molar-refractivity contribution in [2.45, 2.75) is 25.6 Å². The van der Waals surface area contributed by atoms with Gasteiger partial charge in [0.2, 0.25) is 0 Å². The number of benzene rings is 2. The molecular formula is C25H25Cl2F3N4O. The number of hydrogen-bond acceptors (Lipinski definition) is 3. The number of pyridine rings is 1. The summed E-state index contributed by atoms with van der Waals surface area (Å²) < 4.78 is 41.9. The van der Waals surface area contributed by atoms with Crippen molar-refractivity contribution in [1.82, 2.24) is 19.2 Å². The first-order valence-electron chi connectivity index (χ1n) is 11.0. The highest BCUT2D eigenvalue weighted by Gasteiger charge is 2.30. The molecule has 186 valence electrons. The molecule has 5 nitrogen and oxygen atoms in total. The summed E-state index contributed by atoms with van der Waals surface area (Å²) in [5, 5.41) is 5.47. The third-order valence-electron chi connectivity index (χ3n) is 6.20. The molecule has 10 heteroatoms. The van der Waals surface area contributed by atoms with Gasteiger partial charge < -0.3 is 4.90 Å². The Morgan fingerprint density at radius 1 is 0.857 bits per heavy atom. The van der Waals surface area contributed by atoms with Gasteiger partial charge in [-0.25, -0.2) is 0 Å². The van der Waals surface area contributed by atoms with Crippen molar-refractivity contribution in [2.24, 2.45) is 0 Å². The first kappa shape index (κ1) is 26.8. The zero-order valence-electron chi connectivity index (χ0n) is 18.7. The number of hydrogen-bond donors (Lipinski definition) is 0. The van der Waals surface area contributed by atoms with Crippen LogP contribution < -0.4 is 5.56 Å². The summed E-state index contributed by atoms with van der Waals surface area (Å²) in [6, 6.07) is 13.8. The van der Waals surface area contributed by atoms with Crippen LogP contribution in [0.15, 0.2) is 71.8 Å². The minimum Gasteiger partial charge on any atom is -0.301 e. The number of fused-ring (bicyclic) bond motifs is 1. The fourth-order valence-corrected chi connectivity index (χ4v) is 4.37. The van der Waals surface area contributed by atoms with Crippen molar-refractivity contribution in [3.05, 3.63) is 82.9 Å². The van der Waals surface area contributed by atoms with E-state index in [0.29, 0.717) is 16.8 Å². The molecule has 5 rings (SSSR count). The number of nitrogens with zero attached hydrogens (tertiary/aromatic N) is 4. The Labute approximate surface area is 213 Å². The van der Waals surface area contributed by atoms with E-state index in [0.717, 1.165) is 49.2 Å². The molecule has 0 atom stereocenters. The fourth-order valence-electron chi connectivity index (χ4n) is 4.37. The molecule has 1 aliphatic heterocycles. The van der Waals surface area contributed by atoms with Crippen LogP contribution in [0.3, 0.4) is 0 Å². The summed E-state index contributed by atoms with van der Waals surface area (Å²) in [5.74, 6) is 0. The maximum Gasteiger partial charge on any atom is 0.416 e. The zero-order valence-corrected chi connectivity index (χ0v) is 20.4. The molecule has 0 N–H and O–H groups in total. The minimum atomic E-state index is -4.39. The highest BCUT2D eigenvalue weighted by atomic mass is 35.5. The second kappa shape index (κ2) is 10.8. The van der Waals surface area contributed by atoms with Crippen molar-refractivity contribution in [2.75, 3.05) is 19.6 Å². The van der Waals surface area contributed by atoms with Crippen molar-refractivity contribution < 1.29 is 13.2 Å². The highest BCUT2D eigenvalue weighted by molar-refractivity contribution is 5.85. The molecular weight excluding hydrogens is 500 g/mol. The molecule has 2 aromatic heterocycles. The van der Waals surface area contributed by atoms with Crippen LogP contribution >= 0.6 is 24.8 Å². The molecule has 0 radical (unpaired) electrons. The van der Waals surface area contributed by atoms with Crippen LogP contribution in [0.4, 0.5) is 13.2 Å². The maximum absolute atomic E-state index is 12.8. The van der Waals surface area contributed by atoms with E-state index >= 15 is 0 Å².